The summed E-state index contributed by atoms with van der Waals surface area (Å²) in [5, 5.41) is 0.999. The third-order valence-electron chi connectivity index (χ3n) is 4.32. The molecule has 0 heterocycles. The Kier molecular flexibility index (Phi) is 3.10. The molecule has 2 unspecified atom stereocenters. The molecule has 0 aliphatic heterocycles. The Labute approximate surface area is 118 Å². The predicted molar refractivity (Wildman–Crippen MR) is 74.9 cm³/mol. The van der Waals surface area contributed by atoms with Gasteiger partial charge < -0.3 is 0 Å². The molecular formula is C14H15Br2F. The van der Waals surface area contributed by atoms with Gasteiger partial charge in [0.1, 0.15) is 5.82 Å². The first-order valence-electron chi connectivity index (χ1n) is 6.12. The van der Waals surface area contributed by atoms with Crippen molar-refractivity contribution in [2.24, 2.45) is 17.3 Å². The van der Waals surface area contributed by atoms with E-state index in [1.807, 2.05) is 6.07 Å². The molecular weight excluding hydrogens is 347 g/mol. The monoisotopic (exact) mass is 360 g/mol. The highest BCUT2D eigenvalue weighted by molar-refractivity contribution is 9.10. The lowest BCUT2D eigenvalue weighted by molar-refractivity contribution is 0.304. The minimum Gasteiger partial charge on any atom is -0.207 e. The summed E-state index contributed by atoms with van der Waals surface area (Å²) in [5.74, 6) is 1.81. The molecule has 0 aromatic heterocycles. The number of hydrogen-bond acceptors (Lipinski definition) is 0. The summed E-state index contributed by atoms with van der Waals surface area (Å²) in [7, 11) is 0. The number of alkyl halides is 1. The Morgan fingerprint density at radius 2 is 2.00 bits per heavy atom. The quantitative estimate of drug-likeness (QED) is 0.668. The van der Waals surface area contributed by atoms with Gasteiger partial charge in [0.15, 0.2) is 0 Å². The number of fused-ring (bicyclic) bond motifs is 1. The smallest absolute Gasteiger partial charge is 0.126 e. The van der Waals surface area contributed by atoms with Gasteiger partial charge in [0.25, 0.3) is 0 Å². The molecule has 0 nitrogen and oxygen atoms in total. The lowest BCUT2D eigenvalue weighted by Gasteiger charge is -2.29. The number of hydrogen-bond donors (Lipinski definition) is 0. The van der Waals surface area contributed by atoms with Gasteiger partial charge in [-0.25, -0.2) is 4.39 Å². The van der Waals surface area contributed by atoms with Crippen LogP contribution in [0.1, 0.15) is 24.8 Å². The van der Waals surface area contributed by atoms with Crippen LogP contribution >= 0.6 is 31.9 Å². The van der Waals surface area contributed by atoms with Crippen molar-refractivity contribution < 1.29 is 4.39 Å². The Hall–Kier alpha value is 0.110. The summed E-state index contributed by atoms with van der Waals surface area (Å²) < 4.78 is 14.8. The Balaban J connectivity index is 1.83. The Morgan fingerprint density at radius 3 is 2.65 bits per heavy atom. The van der Waals surface area contributed by atoms with Crippen molar-refractivity contribution in [2.75, 3.05) is 5.33 Å². The van der Waals surface area contributed by atoms with Gasteiger partial charge in [-0.1, -0.05) is 31.9 Å². The van der Waals surface area contributed by atoms with Crippen molar-refractivity contribution in [3.63, 3.8) is 0 Å². The van der Waals surface area contributed by atoms with Crippen LogP contribution in [0.4, 0.5) is 4.39 Å². The van der Waals surface area contributed by atoms with E-state index in [4.69, 9.17) is 0 Å². The van der Waals surface area contributed by atoms with Gasteiger partial charge in [0, 0.05) is 9.80 Å². The largest absolute Gasteiger partial charge is 0.207 e. The molecule has 0 amide bonds. The van der Waals surface area contributed by atoms with E-state index in [1.54, 1.807) is 12.1 Å². The van der Waals surface area contributed by atoms with Crippen molar-refractivity contribution in [1.82, 2.24) is 0 Å². The molecule has 1 aromatic carbocycles. The number of benzene rings is 1. The van der Waals surface area contributed by atoms with E-state index in [9.17, 15) is 4.39 Å². The second-order valence-electron chi connectivity index (χ2n) is 5.71. The maximum atomic E-state index is 13.8. The molecule has 2 fully saturated rings. The maximum absolute atomic E-state index is 13.8. The fraction of sp³-hybridized carbons (Fsp3) is 0.571. The average Bonchev–Trinajstić information content (AvgIpc) is 2.92. The molecule has 0 N–H and O–H groups in total. The first-order chi connectivity index (χ1) is 8.12. The molecule has 17 heavy (non-hydrogen) atoms. The molecule has 2 aliphatic carbocycles. The first kappa shape index (κ1) is 12.2. The maximum Gasteiger partial charge on any atom is 0.126 e. The summed E-state index contributed by atoms with van der Waals surface area (Å²) in [6.07, 6.45) is 4.83. The van der Waals surface area contributed by atoms with Gasteiger partial charge in [0.05, 0.1) is 0 Å². The Bertz CT molecular complexity index is 434. The minimum absolute atomic E-state index is 0.0610. The van der Waals surface area contributed by atoms with Crippen LogP contribution in [0.15, 0.2) is 22.7 Å². The highest BCUT2D eigenvalue weighted by Crippen LogP contribution is 2.61. The zero-order valence-corrected chi connectivity index (χ0v) is 12.7. The van der Waals surface area contributed by atoms with Crippen LogP contribution in [0.2, 0.25) is 0 Å². The predicted octanol–water partition coefficient (Wildman–Crippen LogP) is 4.94. The van der Waals surface area contributed by atoms with Crippen molar-refractivity contribution in [1.29, 1.82) is 0 Å². The fourth-order valence-corrected chi connectivity index (χ4v) is 4.45. The van der Waals surface area contributed by atoms with Crippen LogP contribution in [0.25, 0.3) is 0 Å². The topological polar surface area (TPSA) is 0 Å². The van der Waals surface area contributed by atoms with E-state index in [1.165, 1.54) is 19.3 Å². The summed E-state index contributed by atoms with van der Waals surface area (Å²) >= 11 is 7.08. The lowest BCUT2D eigenvalue weighted by Crippen LogP contribution is -2.24. The van der Waals surface area contributed by atoms with E-state index >= 15 is 0 Å². The molecule has 0 bridgehead atoms. The van der Waals surface area contributed by atoms with Gasteiger partial charge >= 0.3 is 0 Å². The molecule has 92 valence electrons. The fourth-order valence-electron chi connectivity index (χ4n) is 3.39. The third-order valence-corrected chi connectivity index (χ3v) is 6.00. The number of rotatable bonds is 3. The van der Waals surface area contributed by atoms with Crippen LogP contribution in [-0.4, -0.2) is 5.33 Å². The van der Waals surface area contributed by atoms with Crippen molar-refractivity contribution in [2.45, 2.75) is 25.7 Å². The number of halogens is 3. The Morgan fingerprint density at radius 1 is 1.29 bits per heavy atom. The second-order valence-corrected chi connectivity index (χ2v) is 7.19. The molecule has 2 saturated carbocycles. The van der Waals surface area contributed by atoms with Gasteiger partial charge in [-0.3, -0.25) is 0 Å². The summed E-state index contributed by atoms with van der Waals surface area (Å²) in [6, 6.07) is 5.27. The van der Waals surface area contributed by atoms with Crippen LogP contribution in [-0.2, 0) is 6.42 Å². The van der Waals surface area contributed by atoms with Crippen LogP contribution < -0.4 is 0 Å². The van der Waals surface area contributed by atoms with Crippen LogP contribution in [0.5, 0.6) is 0 Å². The van der Waals surface area contributed by atoms with Gasteiger partial charge in [-0.2, -0.15) is 0 Å². The van der Waals surface area contributed by atoms with Gasteiger partial charge in [-0.05, 0) is 66.7 Å². The van der Waals surface area contributed by atoms with Crippen molar-refractivity contribution in [3.8, 4) is 0 Å². The van der Waals surface area contributed by atoms with E-state index in [0.717, 1.165) is 33.6 Å². The zero-order valence-electron chi connectivity index (χ0n) is 9.56. The van der Waals surface area contributed by atoms with Gasteiger partial charge in [-0.15, -0.1) is 0 Å². The van der Waals surface area contributed by atoms with E-state index in [2.05, 4.69) is 31.9 Å². The highest BCUT2D eigenvalue weighted by Gasteiger charge is 2.53. The molecule has 3 heteroatoms. The summed E-state index contributed by atoms with van der Waals surface area (Å²) in [5.41, 5.74) is 1.16. The minimum atomic E-state index is -0.0610. The molecule has 0 spiro atoms. The van der Waals surface area contributed by atoms with E-state index < -0.39 is 0 Å². The van der Waals surface area contributed by atoms with Crippen molar-refractivity contribution >= 4 is 31.9 Å². The molecule has 0 saturated heterocycles. The standard InChI is InChI=1S/C14H15Br2F/c15-8-14(5-9-3-10(9)6-14)7-11-4-12(16)1-2-13(11)17/h1-2,4,9-10H,3,5-8H2. The van der Waals surface area contributed by atoms with Crippen molar-refractivity contribution in [3.05, 3.63) is 34.1 Å². The zero-order chi connectivity index (χ0) is 12.0. The van der Waals surface area contributed by atoms with Crippen LogP contribution in [0, 0.1) is 23.1 Å². The third kappa shape index (κ3) is 2.33. The molecule has 1 aromatic rings. The summed E-state index contributed by atoms with van der Waals surface area (Å²) in [6.45, 7) is 0. The second kappa shape index (κ2) is 4.34. The highest BCUT2D eigenvalue weighted by atomic mass is 79.9. The molecule has 3 rings (SSSR count). The SMILES string of the molecule is Fc1ccc(Br)cc1CC1(CBr)CC2CC2C1. The molecule has 2 aliphatic rings. The molecule has 2 atom stereocenters. The molecule has 0 radical (unpaired) electrons. The average molecular weight is 362 g/mol. The normalized spacial score (nSPS) is 34.8. The van der Waals surface area contributed by atoms with Gasteiger partial charge in [0.2, 0.25) is 0 Å². The summed E-state index contributed by atoms with van der Waals surface area (Å²) in [4.78, 5) is 0. The van der Waals surface area contributed by atoms with E-state index in [0.29, 0.717) is 5.41 Å². The van der Waals surface area contributed by atoms with Crippen LogP contribution in [0.3, 0.4) is 0 Å². The lowest BCUT2D eigenvalue weighted by atomic mass is 9.79. The first-order valence-corrected chi connectivity index (χ1v) is 8.03. The van der Waals surface area contributed by atoms with E-state index in [-0.39, 0.29) is 5.82 Å².